The Morgan fingerprint density at radius 2 is 2.00 bits per heavy atom. The van der Waals surface area contributed by atoms with Gasteiger partial charge in [0, 0.05) is 31.0 Å². The monoisotopic (exact) mass is 468 g/mol. The van der Waals surface area contributed by atoms with E-state index < -0.39 is 29.3 Å². The second-order valence-electron chi connectivity index (χ2n) is 10.1. The van der Waals surface area contributed by atoms with Crippen molar-refractivity contribution in [1.82, 2.24) is 30.4 Å². The van der Waals surface area contributed by atoms with Gasteiger partial charge in [0.15, 0.2) is 11.6 Å². The predicted octanol–water partition coefficient (Wildman–Crippen LogP) is 1.33. The summed E-state index contributed by atoms with van der Waals surface area (Å²) in [6.45, 7) is 7.60. The summed E-state index contributed by atoms with van der Waals surface area (Å²) >= 11 is 0. The van der Waals surface area contributed by atoms with E-state index in [1.807, 2.05) is 20.8 Å². The van der Waals surface area contributed by atoms with Crippen LogP contribution in [0.4, 0.5) is 5.82 Å². The van der Waals surface area contributed by atoms with Crippen LogP contribution in [-0.2, 0) is 21.8 Å². The first kappa shape index (κ1) is 23.5. The molecule has 2 atom stereocenters. The van der Waals surface area contributed by atoms with Crippen molar-refractivity contribution in [3.05, 3.63) is 41.0 Å². The standard InChI is InChI=1S/C22H28N8O4/c1-21(2,3)12-29-16-9-15(18(31)25-11-14-10-23-7-8-24-14)27-30(16)22(4,28-34)17(20(29)33)19(32)26-13-5-6-13/h7-10,13,17H,5-6,11-12H2,1-4H3,(H,25,31)(H,26,32). The number of nitrogens with one attached hydrogen (secondary N) is 2. The molecule has 1 aliphatic heterocycles. The van der Waals surface area contributed by atoms with Gasteiger partial charge in [0.25, 0.3) is 5.91 Å². The van der Waals surface area contributed by atoms with E-state index in [0.29, 0.717) is 5.69 Å². The Morgan fingerprint density at radius 3 is 2.59 bits per heavy atom. The Labute approximate surface area is 196 Å². The van der Waals surface area contributed by atoms with Crippen LogP contribution in [0, 0.1) is 16.2 Å². The maximum Gasteiger partial charge on any atom is 0.272 e. The van der Waals surface area contributed by atoms with Crippen molar-refractivity contribution >= 4 is 23.5 Å². The molecule has 4 rings (SSSR count). The zero-order valence-electron chi connectivity index (χ0n) is 19.6. The first-order valence-electron chi connectivity index (χ1n) is 11.1. The number of fused-ring (bicyclic) bond motifs is 1. The molecular weight excluding hydrogens is 440 g/mol. The van der Waals surface area contributed by atoms with Crippen molar-refractivity contribution in [3.8, 4) is 0 Å². The number of nitroso groups, excluding NO2 is 1. The first-order valence-corrected chi connectivity index (χ1v) is 11.1. The fourth-order valence-corrected chi connectivity index (χ4v) is 3.91. The van der Waals surface area contributed by atoms with Crippen molar-refractivity contribution in [2.45, 2.75) is 58.8 Å². The van der Waals surface area contributed by atoms with Gasteiger partial charge < -0.3 is 10.6 Å². The Bertz CT molecular complexity index is 1120. The summed E-state index contributed by atoms with van der Waals surface area (Å²) in [6.07, 6.45) is 6.22. The average molecular weight is 469 g/mol. The molecule has 0 radical (unpaired) electrons. The lowest BCUT2D eigenvalue weighted by Crippen LogP contribution is -2.60. The lowest BCUT2D eigenvalue weighted by Gasteiger charge is -2.42. The predicted molar refractivity (Wildman–Crippen MR) is 121 cm³/mol. The Kier molecular flexibility index (Phi) is 5.92. The average Bonchev–Trinajstić information content (AvgIpc) is 3.48. The molecule has 0 bridgehead atoms. The number of rotatable bonds is 7. The summed E-state index contributed by atoms with van der Waals surface area (Å²) in [7, 11) is 0. The van der Waals surface area contributed by atoms with Gasteiger partial charge in [0.05, 0.1) is 18.4 Å². The topological polar surface area (TPSA) is 152 Å². The number of aromatic nitrogens is 4. The van der Waals surface area contributed by atoms with Gasteiger partial charge in [-0.3, -0.25) is 29.3 Å². The SMILES string of the molecule is CC(C)(C)CN1C(=O)C(C(=O)NC2CC2)C(C)(N=O)n2nc(C(=O)NCc3cnccn3)cc21. The molecule has 2 aromatic heterocycles. The van der Waals surface area contributed by atoms with Gasteiger partial charge in [0.1, 0.15) is 5.82 Å². The first-order chi connectivity index (χ1) is 16.0. The lowest BCUT2D eigenvalue weighted by molar-refractivity contribution is -0.140. The van der Waals surface area contributed by atoms with E-state index >= 15 is 0 Å². The van der Waals surface area contributed by atoms with Crippen molar-refractivity contribution in [1.29, 1.82) is 0 Å². The minimum absolute atomic E-state index is 0.00582. The smallest absolute Gasteiger partial charge is 0.272 e. The van der Waals surface area contributed by atoms with Crippen LogP contribution in [0.15, 0.2) is 29.8 Å². The van der Waals surface area contributed by atoms with Crippen LogP contribution < -0.4 is 15.5 Å². The highest BCUT2D eigenvalue weighted by molar-refractivity contribution is 6.10. The molecule has 12 heteroatoms. The van der Waals surface area contributed by atoms with Crippen molar-refractivity contribution in [3.63, 3.8) is 0 Å². The summed E-state index contributed by atoms with van der Waals surface area (Å²) in [6, 6.07) is 1.43. The Balaban J connectivity index is 1.70. The summed E-state index contributed by atoms with van der Waals surface area (Å²) in [5.41, 5.74) is -1.62. The van der Waals surface area contributed by atoms with Crippen LogP contribution in [0.2, 0.25) is 0 Å². The Morgan fingerprint density at radius 1 is 1.26 bits per heavy atom. The molecule has 1 fully saturated rings. The summed E-state index contributed by atoms with van der Waals surface area (Å²) in [5.74, 6) is -2.81. The van der Waals surface area contributed by atoms with Crippen LogP contribution in [0.5, 0.6) is 0 Å². The molecule has 0 saturated heterocycles. The quantitative estimate of drug-likeness (QED) is 0.459. The van der Waals surface area contributed by atoms with E-state index in [2.05, 4.69) is 30.9 Å². The van der Waals surface area contributed by atoms with E-state index in [9.17, 15) is 19.3 Å². The van der Waals surface area contributed by atoms with Gasteiger partial charge in [-0.2, -0.15) is 5.10 Å². The molecule has 2 aliphatic rings. The van der Waals surface area contributed by atoms with Crippen LogP contribution in [0.3, 0.4) is 0 Å². The highest BCUT2D eigenvalue weighted by Gasteiger charge is 2.56. The van der Waals surface area contributed by atoms with E-state index in [4.69, 9.17) is 0 Å². The molecule has 3 amide bonds. The number of nitrogens with zero attached hydrogens (tertiary/aromatic N) is 6. The van der Waals surface area contributed by atoms with Gasteiger partial charge in [0.2, 0.25) is 17.5 Å². The number of carbonyl (C=O) groups excluding carboxylic acids is 3. The second kappa shape index (κ2) is 8.58. The minimum atomic E-state index is -1.83. The lowest BCUT2D eigenvalue weighted by atomic mass is 9.88. The third-order valence-electron chi connectivity index (χ3n) is 5.74. The van der Waals surface area contributed by atoms with Crippen molar-refractivity contribution in [2.24, 2.45) is 16.5 Å². The number of hydrogen-bond donors (Lipinski definition) is 2. The third kappa shape index (κ3) is 4.52. The molecule has 0 aromatic carbocycles. The van der Waals surface area contributed by atoms with E-state index in [-0.39, 0.29) is 36.1 Å². The van der Waals surface area contributed by atoms with Gasteiger partial charge in [-0.1, -0.05) is 20.8 Å². The second-order valence-corrected chi connectivity index (χ2v) is 10.1. The highest BCUT2D eigenvalue weighted by Crippen LogP contribution is 2.41. The third-order valence-corrected chi connectivity index (χ3v) is 5.74. The molecule has 12 nitrogen and oxygen atoms in total. The van der Waals surface area contributed by atoms with Crippen LogP contribution in [0.1, 0.15) is 56.7 Å². The zero-order chi connectivity index (χ0) is 24.7. The van der Waals surface area contributed by atoms with Crippen LogP contribution in [-0.4, -0.2) is 50.1 Å². The van der Waals surface area contributed by atoms with Gasteiger partial charge >= 0.3 is 0 Å². The maximum atomic E-state index is 13.6. The maximum absolute atomic E-state index is 13.6. The van der Waals surface area contributed by atoms with Gasteiger partial charge in [-0.15, -0.1) is 4.91 Å². The molecule has 2 aromatic rings. The molecule has 2 N–H and O–H groups in total. The highest BCUT2D eigenvalue weighted by atomic mass is 16.3. The molecular formula is C22H28N8O4. The molecule has 180 valence electrons. The number of amides is 3. The van der Waals surface area contributed by atoms with Crippen LogP contribution >= 0.6 is 0 Å². The van der Waals surface area contributed by atoms with Gasteiger partial charge in [-0.05, 0) is 30.4 Å². The van der Waals surface area contributed by atoms with Crippen molar-refractivity contribution in [2.75, 3.05) is 11.4 Å². The van der Waals surface area contributed by atoms with E-state index in [0.717, 1.165) is 12.8 Å². The van der Waals surface area contributed by atoms with E-state index in [1.54, 1.807) is 0 Å². The number of carbonyl (C=O) groups is 3. The Hall–Kier alpha value is -3.70. The summed E-state index contributed by atoms with van der Waals surface area (Å²) in [4.78, 5) is 61.1. The molecule has 2 unspecified atom stereocenters. The zero-order valence-corrected chi connectivity index (χ0v) is 19.6. The largest absolute Gasteiger partial charge is 0.353 e. The van der Waals surface area contributed by atoms with Crippen LogP contribution in [0.25, 0.3) is 0 Å². The van der Waals surface area contributed by atoms with E-state index in [1.165, 1.54) is 41.2 Å². The number of anilines is 1. The number of hydrogen-bond acceptors (Lipinski definition) is 8. The molecule has 1 aliphatic carbocycles. The molecule has 1 saturated carbocycles. The fourth-order valence-electron chi connectivity index (χ4n) is 3.91. The molecule has 34 heavy (non-hydrogen) atoms. The summed E-state index contributed by atoms with van der Waals surface area (Å²) < 4.78 is 1.22. The van der Waals surface area contributed by atoms with Crippen molar-refractivity contribution < 1.29 is 14.4 Å². The molecule has 0 spiro atoms. The normalized spacial score (nSPS) is 22.2. The van der Waals surface area contributed by atoms with Gasteiger partial charge in [-0.25, -0.2) is 4.68 Å². The minimum Gasteiger partial charge on any atom is -0.353 e. The fraction of sp³-hybridized carbons (Fsp3) is 0.545. The summed E-state index contributed by atoms with van der Waals surface area (Å²) in [5, 5.41) is 13.0. The molecule has 3 heterocycles.